The van der Waals surface area contributed by atoms with Gasteiger partial charge in [0.05, 0.1) is 10.9 Å². The summed E-state index contributed by atoms with van der Waals surface area (Å²) >= 11 is 3.43. The second-order valence-electron chi connectivity index (χ2n) is 5.46. The minimum Gasteiger partial charge on any atom is -0.481 e. The Labute approximate surface area is 150 Å². The molecule has 2 heterocycles. The van der Waals surface area contributed by atoms with Crippen molar-refractivity contribution in [3.63, 3.8) is 0 Å². The molecule has 0 spiro atoms. The molecule has 25 heavy (non-hydrogen) atoms. The van der Waals surface area contributed by atoms with E-state index in [0.717, 1.165) is 10.0 Å². The summed E-state index contributed by atoms with van der Waals surface area (Å²) in [5.74, 6) is 0.567. The van der Waals surface area contributed by atoms with Crippen LogP contribution in [-0.4, -0.2) is 22.9 Å². The van der Waals surface area contributed by atoms with Crippen molar-refractivity contribution in [2.75, 3.05) is 6.79 Å². The number of halogens is 1. The first kappa shape index (κ1) is 15.7. The maximum atomic E-state index is 11.3. The minimum absolute atomic E-state index is 0.161. The monoisotopic (exact) mass is 401 g/mol. The quantitative estimate of drug-likeness (QED) is 0.700. The van der Waals surface area contributed by atoms with Crippen molar-refractivity contribution in [1.82, 2.24) is 4.98 Å². The molecule has 7 heteroatoms. The summed E-state index contributed by atoms with van der Waals surface area (Å²) in [4.78, 5) is 15.7. The van der Waals surface area contributed by atoms with Gasteiger partial charge in [0.15, 0.2) is 17.1 Å². The van der Waals surface area contributed by atoms with Gasteiger partial charge < -0.3 is 19.0 Å². The lowest BCUT2D eigenvalue weighted by molar-refractivity contribution is -0.135. The average molecular weight is 402 g/mol. The van der Waals surface area contributed by atoms with Crippen LogP contribution in [0.4, 0.5) is 0 Å². The normalized spacial score (nSPS) is 13.4. The molecule has 2 aromatic carbocycles. The Balaban J connectivity index is 1.80. The van der Waals surface area contributed by atoms with Crippen molar-refractivity contribution in [2.24, 2.45) is 0 Å². The van der Waals surface area contributed by atoms with Crippen LogP contribution in [0.15, 0.2) is 45.3 Å². The highest BCUT2D eigenvalue weighted by Crippen LogP contribution is 2.41. The molecule has 0 saturated heterocycles. The van der Waals surface area contributed by atoms with Crippen LogP contribution in [0, 0.1) is 0 Å². The Bertz CT molecular complexity index is 975. The van der Waals surface area contributed by atoms with Crippen LogP contribution in [0.3, 0.4) is 0 Å². The van der Waals surface area contributed by atoms with E-state index in [1.807, 2.05) is 24.3 Å². The molecule has 1 aliphatic heterocycles. The minimum atomic E-state index is -0.965. The lowest BCUT2D eigenvalue weighted by Gasteiger charge is -2.04. The van der Waals surface area contributed by atoms with E-state index in [9.17, 15) is 9.90 Å². The van der Waals surface area contributed by atoms with E-state index in [1.165, 1.54) is 0 Å². The predicted octanol–water partition coefficient (Wildman–Crippen LogP) is 4.33. The average Bonchev–Trinajstić information content (AvgIpc) is 3.20. The number of rotatable bonds is 4. The molecule has 0 atom stereocenters. The van der Waals surface area contributed by atoms with Gasteiger partial charge in [0, 0.05) is 5.57 Å². The Hall–Kier alpha value is -2.80. The molecule has 6 nitrogen and oxygen atoms in total. The third kappa shape index (κ3) is 3.10. The number of hydrogen-bond donors (Lipinski definition) is 1. The molecule has 1 N–H and O–H groups in total. The van der Waals surface area contributed by atoms with E-state index < -0.39 is 5.97 Å². The van der Waals surface area contributed by atoms with Gasteiger partial charge in [-0.15, -0.1) is 0 Å². The fourth-order valence-electron chi connectivity index (χ4n) is 2.63. The van der Waals surface area contributed by atoms with Crippen LogP contribution in [0.5, 0.6) is 11.5 Å². The third-order valence-electron chi connectivity index (χ3n) is 3.70. The molecule has 0 amide bonds. The number of hydrogen-bond acceptors (Lipinski definition) is 5. The summed E-state index contributed by atoms with van der Waals surface area (Å²) in [6, 6.07) is 10.9. The zero-order chi connectivity index (χ0) is 17.4. The van der Waals surface area contributed by atoms with Gasteiger partial charge in [-0.25, -0.2) is 4.98 Å². The van der Waals surface area contributed by atoms with Crippen molar-refractivity contribution in [3.8, 4) is 11.5 Å². The van der Waals surface area contributed by atoms with E-state index in [-0.39, 0.29) is 19.1 Å². The molecule has 0 unspecified atom stereocenters. The van der Waals surface area contributed by atoms with Crippen LogP contribution in [0.2, 0.25) is 0 Å². The molecule has 0 radical (unpaired) electrons. The lowest BCUT2D eigenvalue weighted by atomic mass is 10.1. The second kappa shape index (κ2) is 6.25. The summed E-state index contributed by atoms with van der Waals surface area (Å²) in [6.45, 7) is 0.161. The smallest absolute Gasteiger partial charge is 0.308 e. The zero-order valence-corrected chi connectivity index (χ0v) is 14.4. The van der Waals surface area contributed by atoms with Gasteiger partial charge in [-0.1, -0.05) is 12.1 Å². The SMILES string of the molecule is O=C(O)C/C(=C\c1cc(Br)c2c(c1)OCO2)c1nc2ccccc2o1. The summed E-state index contributed by atoms with van der Waals surface area (Å²) < 4.78 is 17.2. The Morgan fingerprint density at radius 1 is 1.28 bits per heavy atom. The van der Waals surface area contributed by atoms with Gasteiger partial charge in [0.1, 0.15) is 5.52 Å². The van der Waals surface area contributed by atoms with Gasteiger partial charge in [-0.3, -0.25) is 4.79 Å². The second-order valence-corrected chi connectivity index (χ2v) is 6.32. The summed E-state index contributed by atoms with van der Waals surface area (Å²) in [5, 5.41) is 9.24. The summed E-state index contributed by atoms with van der Waals surface area (Å²) in [6.07, 6.45) is 1.52. The highest BCUT2D eigenvalue weighted by molar-refractivity contribution is 9.10. The number of carbonyl (C=O) groups is 1. The number of aromatic nitrogens is 1. The maximum absolute atomic E-state index is 11.3. The number of nitrogens with zero attached hydrogens (tertiary/aromatic N) is 1. The lowest BCUT2D eigenvalue weighted by Crippen LogP contribution is -1.97. The molecule has 1 aliphatic rings. The topological polar surface area (TPSA) is 81.8 Å². The molecular weight excluding hydrogens is 390 g/mol. The fraction of sp³-hybridized carbons (Fsp3) is 0.111. The number of carboxylic acid groups (broad SMARTS) is 1. The van der Waals surface area contributed by atoms with Gasteiger partial charge in [0.25, 0.3) is 0 Å². The number of para-hydroxylation sites is 2. The molecule has 4 rings (SSSR count). The van der Waals surface area contributed by atoms with Crippen LogP contribution in [-0.2, 0) is 4.79 Å². The van der Waals surface area contributed by atoms with Crippen molar-refractivity contribution in [1.29, 1.82) is 0 Å². The van der Waals surface area contributed by atoms with Gasteiger partial charge >= 0.3 is 5.97 Å². The molecular formula is C18H12BrNO5. The van der Waals surface area contributed by atoms with Crippen molar-refractivity contribution < 1.29 is 23.8 Å². The Morgan fingerprint density at radius 2 is 2.12 bits per heavy atom. The fourth-order valence-corrected chi connectivity index (χ4v) is 3.21. The third-order valence-corrected chi connectivity index (χ3v) is 4.29. The first-order chi connectivity index (χ1) is 12.1. The Morgan fingerprint density at radius 3 is 2.92 bits per heavy atom. The largest absolute Gasteiger partial charge is 0.481 e. The highest BCUT2D eigenvalue weighted by atomic mass is 79.9. The van der Waals surface area contributed by atoms with Crippen LogP contribution in [0.1, 0.15) is 17.9 Å². The first-order valence-electron chi connectivity index (χ1n) is 7.47. The molecule has 0 fully saturated rings. The number of carboxylic acids is 1. The van der Waals surface area contributed by atoms with Gasteiger partial charge in [-0.2, -0.15) is 0 Å². The molecule has 126 valence electrons. The first-order valence-corrected chi connectivity index (χ1v) is 8.27. The van der Waals surface area contributed by atoms with E-state index in [4.69, 9.17) is 13.9 Å². The number of ether oxygens (including phenoxy) is 2. The summed E-state index contributed by atoms with van der Waals surface area (Å²) in [5.41, 5.74) is 2.52. The number of aliphatic carboxylic acids is 1. The molecule has 0 bridgehead atoms. The summed E-state index contributed by atoms with van der Waals surface area (Å²) in [7, 11) is 0. The van der Waals surface area contributed by atoms with Crippen molar-refractivity contribution >= 4 is 44.6 Å². The molecule has 0 aliphatic carbocycles. The van der Waals surface area contributed by atoms with Crippen molar-refractivity contribution in [2.45, 2.75) is 6.42 Å². The number of oxazole rings is 1. The maximum Gasteiger partial charge on any atom is 0.308 e. The van der Waals surface area contributed by atoms with Crippen LogP contribution in [0.25, 0.3) is 22.7 Å². The molecule has 0 saturated carbocycles. The van der Waals surface area contributed by atoms with Gasteiger partial charge in [-0.05, 0) is 51.8 Å². The molecule has 1 aromatic heterocycles. The van der Waals surface area contributed by atoms with E-state index in [1.54, 1.807) is 18.2 Å². The predicted molar refractivity (Wildman–Crippen MR) is 94.4 cm³/mol. The zero-order valence-electron chi connectivity index (χ0n) is 12.9. The standard InChI is InChI=1S/C18H12BrNO5/c19-12-6-10(7-15-17(12)24-9-23-15)5-11(8-16(21)22)18-20-13-3-1-2-4-14(13)25-18/h1-7H,8-9H2,(H,21,22)/b11-5+. The molecule has 3 aromatic rings. The van der Waals surface area contributed by atoms with E-state index >= 15 is 0 Å². The number of fused-ring (bicyclic) bond motifs is 2. The van der Waals surface area contributed by atoms with E-state index in [2.05, 4.69) is 20.9 Å². The highest BCUT2D eigenvalue weighted by Gasteiger charge is 2.19. The van der Waals surface area contributed by atoms with E-state index in [0.29, 0.717) is 28.2 Å². The number of benzene rings is 2. The van der Waals surface area contributed by atoms with Gasteiger partial charge in [0.2, 0.25) is 12.7 Å². The van der Waals surface area contributed by atoms with Crippen molar-refractivity contribution in [3.05, 3.63) is 52.3 Å². The van der Waals surface area contributed by atoms with Crippen LogP contribution < -0.4 is 9.47 Å². The van der Waals surface area contributed by atoms with Crippen LogP contribution >= 0.6 is 15.9 Å². The Kier molecular flexibility index (Phi) is 3.93.